The number of carbonyl (C=O) groups is 3. The molecule has 0 aromatic carbocycles. The normalized spacial score (nSPS) is 12.8. The quantitative estimate of drug-likeness (QED) is 0.0261. The van der Waals surface area contributed by atoms with E-state index >= 15 is 0 Å². The average molecular weight is 1150 g/mol. The molecular weight excluding hydrogens is 1020 g/mol. The van der Waals surface area contributed by atoms with Crippen LogP contribution in [-0.4, -0.2) is 37.2 Å². The smallest absolute Gasteiger partial charge is 0.306 e. The lowest BCUT2D eigenvalue weighted by molar-refractivity contribution is -0.167. The molecule has 83 heavy (non-hydrogen) atoms. The van der Waals surface area contributed by atoms with Crippen LogP contribution in [0.15, 0.2) is 109 Å². The van der Waals surface area contributed by atoms with E-state index in [2.05, 4.69) is 130 Å². The Morgan fingerprint density at radius 2 is 0.470 bits per heavy atom. The number of allylic oxidation sites excluding steroid dienone is 18. The number of ether oxygens (including phenoxy) is 3. The second-order valence-corrected chi connectivity index (χ2v) is 23.4. The maximum atomic E-state index is 12.9. The van der Waals surface area contributed by atoms with Crippen LogP contribution in [0.4, 0.5) is 0 Å². The lowest BCUT2D eigenvalue weighted by Crippen LogP contribution is -2.30. The summed E-state index contributed by atoms with van der Waals surface area (Å²) in [6, 6.07) is 0. The summed E-state index contributed by atoms with van der Waals surface area (Å²) in [6.07, 6.45) is 96.9. The van der Waals surface area contributed by atoms with E-state index in [9.17, 15) is 14.4 Å². The van der Waals surface area contributed by atoms with Crippen molar-refractivity contribution in [1.82, 2.24) is 0 Å². The van der Waals surface area contributed by atoms with Crippen LogP contribution in [0.25, 0.3) is 0 Å². The van der Waals surface area contributed by atoms with Crippen molar-refractivity contribution in [3.05, 3.63) is 109 Å². The molecule has 476 valence electrons. The summed E-state index contributed by atoms with van der Waals surface area (Å²) in [6.45, 7) is 6.52. The molecule has 0 N–H and O–H groups in total. The van der Waals surface area contributed by atoms with Crippen molar-refractivity contribution in [1.29, 1.82) is 0 Å². The number of esters is 3. The Labute approximate surface area is 514 Å². The Kier molecular flexibility index (Phi) is 67.2. The third kappa shape index (κ3) is 68.7. The number of carbonyl (C=O) groups excluding carboxylic acids is 3. The van der Waals surface area contributed by atoms with Crippen molar-refractivity contribution in [2.75, 3.05) is 13.2 Å². The van der Waals surface area contributed by atoms with Gasteiger partial charge in [-0.25, -0.2) is 0 Å². The van der Waals surface area contributed by atoms with Crippen LogP contribution in [0.1, 0.15) is 342 Å². The van der Waals surface area contributed by atoms with Crippen molar-refractivity contribution in [2.45, 2.75) is 348 Å². The highest BCUT2D eigenvalue weighted by molar-refractivity contribution is 5.71. The predicted octanol–water partition coefficient (Wildman–Crippen LogP) is 24.6. The zero-order chi connectivity index (χ0) is 59.9. The molecule has 0 aliphatic rings. The summed E-state index contributed by atoms with van der Waals surface area (Å²) in [7, 11) is 0. The zero-order valence-corrected chi connectivity index (χ0v) is 54.7. The van der Waals surface area contributed by atoms with Crippen LogP contribution in [0, 0.1) is 0 Å². The number of hydrogen-bond donors (Lipinski definition) is 0. The molecule has 0 radical (unpaired) electrons. The van der Waals surface area contributed by atoms with Crippen molar-refractivity contribution in [3.8, 4) is 0 Å². The molecule has 0 bridgehead atoms. The topological polar surface area (TPSA) is 78.9 Å². The van der Waals surface area contributed by atoms with E-state index in [0.717, 1.165) is 128 Å². The van der Waals surface area contributed by atoms with Crippen LogP contribution >= 0.6 is 0 Å². The van der Waals surface area contributed by atoms with E-state index in [1.165, 1.54) is 173 Å². The Bertz CT molecular complexity index is 1660. The van der Waals surface area contributed by atoms with Gasteiger partial charge in [0.15, 0.2) is 6.10 Å². The fourth-order valence-electron chi connectivity index (χ4n) is 9.99. The third-order valence-electron chi connectivity index (χ3n) is 15.3. The van der Waals surface area contributed by atoms with E-state index < -0.39 is 6.10 Å². The minimum absolute atomic E-state index is 0.0795. The molecule has 0 heterocycles. The van der Waals surface area contributed by atoms with E-state index in [4.69, 9.17) is 14.2 Å². The molecule has 6 nitrogen and oxygen atoms in total. The summed E-state index contributed by atoms with van der Waals surface area (Å²) in [5, 5.41) is 0. The number of rotatable bonds is 64. The van der Waals surface area contributed by atoms with E-state index in [0.29, 0.717) is 19.3 Å². The predicted molar refractivity (Wildman–Crippen MR) is 362 cm³/mol. The molecule has 0 spiro atoms. The molecule has 0 aliphatic heterocycles. The molecule has 1 unspecified atom stereocenters. The van der Waals surface area contributed by atoms with E-state index in [-0.39, 0.29) is 31.1 Å². The molecule has 0 aromatic rings. The van der Waals surface area contributed by atoms with Gasteiger partial charge in [-0.3, -0.25) is 14.4 Å². The lowest BCUT2D eigenvalue weighted by atomic mass is 10.0. The van der Waals surface area contributed by atoms with Crippen molar-refractivity contribution >= 4 is 17.9 Å². The highest BCUT2D eigenvalue weighted by Crippen LogP contribution is 2.17. The zero-order valence-electron chi connectivity index (χ0n) is 54.7. The molecule has 0 saturated carbocycles. The molecule has 0 saturated heterocycles. The van der Waals surface area contributed by atoms with Gasteiger partial charge in [-0.2, -0.15) is 0 Å². The monoisotopic (exact) mass is 1150 g/mol. The maximum Gasteiger partial charge on any atom is 0.306 e. The van der Waals surface area contributed by atoms with Gasteiger partial charge < -0.3 is 14.2 Å². The first-order valence-corrected chi connectivity index (χ1v) is 35.4. The molecule has 1 atom stereocenters. The molecule has 0 amide bonds. The largest absolute Gasteiger partial charge is 0.462 e. The highest BCUT2D eigenvalue weighted by atomic mass is 16.6. The maximum absolute atomic E-state index is 12.9. The van der Waals surface area contributed by atoms with Gasteiger partial charge in [0.25, 0.3) is 0 Å². The first-order chi connectivity index (χ1) is 41.0. The van der Waals surface area contributed by atoms with Gasteiger partial charge in [0.05, 0.1) is 0 Å². The minimum Gasteiger partial charge on any atom is -0.462 e. The van der Waals surface area contributed by atoms with Gasteiger partial charge in [-0.15, -0.1) is 0 Å². The Morgan fingerprint density at radius 1 is 0.253 bits per heavy atom. The Balaban J connectivity index is 4.20. The van der Waals surface area contributed by atoms with Crippen LogP contribution in [0.2, 0.25) is 0 Å². The van der Waals surface area contributed by atoms with Crippen LogP contribution in [-0.2, 0) is 28.6 Å². The Morgan fingerprint density at radius 3 is 0.759 bits per heavy atom. The second-order valence-electron chi connectivity index (χ2n) is 23.4. The molecule has 0 fully saturated rings. The summed E-state index contributed by atoms with van der Waals surface area (Å²) in [5.41, 5.74) is 0. The second kappa shape index (κ2) is 70.6. The van der Waals surface area contributed by atoms with Crippen LogP contribution in [0.3, 0.4) is 0 Å². The molecule has 6 heteroatoms. The first-order valence-electron chi connectivity index (χ1n) is 35.4. The molecule has 0 rings (SSSR count). The highest BCUT2D eigenvalue weighted by Gasteiger charge is 2.19. The van der Waals surface area contributed by atoms with E-state index in [1.807, 2.05) is 0 Å². The lowest BCUT2D eigenvalue weighted by Gasteiger charge is -2.18. The third-order valence-corrected chi connectivity index (χ3v) is 15.3. The summed E-state index contributed by atoms with van der Waals surface area (Å²) in [5.74, 6) is -0.880. The van der Waals surface area contributed by atoms with Gasteiger partial charge in [-0.1, -0.05) is 323 Å². The van der Waals surface area contributed by atoms with Crippen molar-refractivity contribution in [3.63, 3.8) is 0 Å². The van der Waals surface area contributed by atoms with Gasteiger partial charge >= 0.3 is 17.9 Å². The van der Waals surface area contributed by atoms with Gasteiger partial charge in [-0.05, 0) is 109 Å². The number of hydrogen-bond acceptors (Lipinski definition) is 6. The molecule has 0 aromatic heterocycles. The summed E-state index contributed by atoms with van der Waals surface area (Å²) < 4.78 is 17.0. The standard InChI is InChI=1S/C77H132O6/c1-4-7-10-13-16-19-22-25-28-29-30-31-32-33-34-35-36-37-38-39-40-41-42-43-44-45-46-47-50-52-55-58-61-64-67-70-76(79)82-73-74(83-77(80)71-68-65-62-59-56-53-49-27-24-21-18-15-12-9-6-3)72-81-75(78)69-66-63-60-57-54-51-48-26-23-20-17-14-11-8-5-2/h7,10,16,18-19,21,25,27-28,30-31,33-34,36-37,39-40,49,74H,4-6,8-9,11-15,17,20,22-24,26,29,32,35,38,41-48,50-73H2,1-3H3/b10-7-,19-16-,21-18-,28-25-,31-30-,34-33-,37-36-,40-39-,49-27-. The Hall–Kier alpha value is -3.93. The SMILES string of the molecule is CC/C=C\C/C=C\C/C=C\C/C=C\C/C=C\C/C=C\C/C=C\CCCCCCCCCCCCCCCC(=O)OCC(COC(=O)CCCCCCCCCCCCCCCCC)OC(=O)CCCCCCC/C=C\C/C=C\CCCCC. The van der Waals surface area contributed by atoms with Gasteiger partial charge in [0.1, 0.15) is 13.2 Å². The van der Waals surface area contributed by atoms with Gasteiger partial charge in [0.2, 0.25) is 0 Å². The first kappa shape index (κ1) is 79.1. The summed E-state index contributed by atoms with van der Waals surface area (Å²) >= 11 is 0. The van der Waals surface area contributed by atoms with Crippen molar-refractivity contribution < 1.29 is 28.6 Å². The fraction of sp³-hybridized carbons (Fsp3) is 0.727. The van der Waals surface area contributed by atoms with Crippen LogP contribution in [0.5, 0.6) is 0 Å². The average Bonchev–Trinajstić information content (AvgIpc) is 3.49. The molecular formula is C77H132O6. The van der Waals surface area contributed by atoms with Gasteiger partial charge in [0, 0.05) is 19.3 Å². The summed E-state index contributed by atoms with van der Waals surface area (Å²) in [4.78, 5) is 38.4. The van der Waals surface area contributed by atoms with Crippen molar-refractivity contribution in [2.24, 2.45) is 0 Å². The molecule has 0 aliphatic carbocycles. The minimum atomic E-state index is -0.785. The number of unbranched alkanes of at least 4 members (excludes halogenated alkanes) is 35. The fourth-order valence-corrected chi connectivity index (χ4v) is 9.99. The van der Waals surface area contributed by atoms with Crippen LogP contribution < -0.4 is 0 Å². The van der Waals surface area contributed by atoms with E-state index in [1.54, 1.807) is 0 Å².